The Kier molecular flexibility index (Phi) is 4.13. The van der Waals surface area contributed by atoms with E-state index >= 15 is 0 Å². The van der Waals surface area contributed by atoms with Crippen molar-refractivity contribution in [1.82, 2.24) is 20.0 Å². The van der Waals surface area contributed by atoms with E-state index in [1.165, 1.54) is 0 Å². The van der Waals surface area contributed by atoms with Crippen molar-refractivity contribution in [2.24, 2.45) is 0 Å². The first-order valence-electron chi connectivity index (χ1n) is 8.68. The van der Waals surface area contributed by atoms with Crippen LogP contribution in [0.5, 0.6) is 0 Å². The number of urea groups is 1. The molecular weight excluding hydrogens is 310 g/mol. The zero-order chi connectivity index (χ0) is 16.5. The summed E-state index contributed by atoms with van der Waals surface area (Å²) in [5, 5.41) is 7.45. The van der Waals surface area contributed by atoms with Gasteiger partial charge in [0.25, 0.3) is 0 Å². The first-order valence-corrected chi connectivity index (χ1v) is 8.68. The van der Waals surface area contributed by atoms with Gasteiger partial charge in [-0.3, -0.25) is 9.48 Å². The van der Waals surface area contributed by atoms with Crippen LogP contribution >= 0.6 is 0 Å². The third-order valence-corrected chi connectivity index (χ3v) is 5.05. The van der Waals surface area contributed by atoms with Crippen LogP contribution in [-0.4, -0.2) is 65.5 Å². The molecule has 0 aliphatic carbocycles. The summed E-state index contributed by atoms with van der Waals surface area (Å²) in [5.74, 6) is 0.167. The molecule has 0 saturated carbocycles. The van der Waals surface area contributed by atoms with Crippen molar-refractivity contribution in [1.29, 1.82) is 0 Å². The third kappa shape index (κ3) is 2.98. The molecule has 0 atom stereocenters. The van der Waals surface area contributed by atoms with Gasteiger partial charge in [0.2, 0.25) is 5.91 Å². The summed E-state index contributed by atoms with van der Waals surface area (Å²) in [6.07, 6.45) is 6.96. The number of amides is 3. The van der Waals surface area contributed by atoms with Gasteiger partial charge in [-0.15, -0.1) is 0 Å². The fourth-order valence-corrected chi connectivity index (χ4v) is 3.48. The van der Waals surface area contributed by atoms with Crippen molar-refractivity contribution in [3.8, 4) is 0 Å². The van der Waals surface area contributed by atoms with E-state index < -0.39 is 0 Å². The minimum atomic E-state index is 0.000232. The standard InChI is InChI=1S/C16H23N5O3/c22-15-2-1-5-20(15)13-8-17-21(11-13)14-9-19(10-14)16(23)18-12-3-6-24-7-4-12/h8,11-12,14H,1-7,9-10H2,(H,18,23). The third-order valence-electron chi connectivity index (χ3n) is 5.05. The topological polar surface area (TPSA) is 79.7 Å². The highest BCUT2D eigenvalue weighted by Gasteiger charge is 2.34. The van der Waals surface area contributed by atoms with Gasteiger partial charge in [-0.05, 0) is 19.3 Å². The van der Waals surface area contributed by atoms with E-state index in [-0.39, 0.29) is 24.0 Å². The predicted octanol–water partition coefficient (Wildman–Crippen LogP) is 0.755. The molecule has 8 heteroatoms. The molecule has 0 bridgehead atoms. The number of hydrogen-bond donors (Lipinski definition) is 1. The average Bonchev–Trinajstić information content (AvgIpc) is 3.16. The number of anilines is 1. The fourth-order valence-electron chi connectivity index (χ4n) is 3.48. The van der Waals surface area contributed by atoms with Gasteiger partial charge in [0.15, 0.2) is 0 Å². The van der Waals surface area contributed by atoms with Gasteiger partial charge in [-0.2, -0.15) is 5.10 Å². The van der Waals surface area contributed by atoms with Gasteiger partial charge in [-0.25, -0.2) is 4.79 Å². The molecule has 130 valence electrons. The van der Waals surface area contributed by atoms with Gasteiger partial charge in [0.1, 0.15) is 0 Å². The Morgan fingerprint density at radius 2 is 2.08 bits per heavy atom. The molecule has 3 aliphatic rings. The predicted molar refractivity (Wildman–Crippen MR) is 86.8 cm³/mol. The molecule has 1 aromatic heterocycles. The van der Waals surface area contributed by atoms with Crippen LogP contribution in [0.1, 0.15) is 31.7 Å². The van der Waals surface area contributed by atoms with Crippen molar-refractivity contribution in [2.45, 2.75) is 37.8 Å². The Hall–Kier alpha value is -2.09. The van der Waals surface area contributed by atoms with E-state index in [1.54, 1.807) is 11.1 Å². The monoisotopic (exact) mass is 333 g/mol. The molecule has 0 unspecified atom stereocenters. The summed E-state index contributed by atoms with van der Waals surface area (Å²) in [6.45, 7) is 3.53. The highest BCUT2D eigenvalue weighted by Crippen LogP contribution is 2.25. The van der Waals surface area contributed by atoms with Crippen molar-refractivity contribution in [3.05, 3.63) is 12.4 Å². The van der Waals surface area contributed by atoms with Gasteiger partial charge >= 0.3 is 6.03 Å². The molecule has 3 amide bonds. The van der Waals surface area contributed by atoms with Crippen LogP contribution in [-0.2, 0) is 9.53 Å². The number of nitrogens with zero attached hydrogens (tertiary/aromatic N) is 4. The average molecular weight is 333 g/mol. The van der Waals surface area contributed by atoms with Gasteiger partial charge < -0.3 is 19.9 Å². The first-order chi connectivity index (χ1) is 11.7. The zero-order valence-electron chi connectivity index (χ0n) is 13.7. The Bertz CT molecular complexity index is 619. The van der Waals surface area contributed by atoms with Crippen LogP contribution in [0.15, 0.2) is 12.4 Å². The van der Waals surface area contributed by atoms with Gasteiger partial charge in [-0.1, -0.05) is 0 Å². The molecule has 24 heavy (non-hydrogen) atoms. The molecule has 0 aromatic carbocycles. The number of likely N-dealkylation sites (tertiary alicyclic amines) is 1. The maximum atomic E-state index is 12.2. The quantitative estimate of drug-likeness (QED) is 0.885. The lowest BCUT2D eigenvalue weighted by atomic mass is 10.1. The van der Waals surface area contributed by atoms with E-state index in [1.807, 2.05) is 15.8 Å². The van der Waals surface area contributed by atoms with Gasteiger partial charge in [0, 0.05) is 51.5 Å². The Morgan fingerprint density at radius 3 is 2.79 bits per heavy atom. The molecule has 8 nitrogen and oxygen atoms in total. The number of ether oxygens (including phenoxy) is 1. The Balaban J connectivity index is 1.28. The minimum Gasteiger partial charge on any atom is -0.381 e. The number of nitrogens with one attached hydrogen (secondary N) is 1. The molecule has 4 rings (SSSR count). The van der Waals surface area contributed by atoms with E-state index in [4.69, 9.17) is 4.74 Å². The van der Waals surface area contributed by atoms with Crippen LogP contribution in [0.3, 0.4) is 0 Å². The first kappa shape index (κ1) is 15.4. The van der Waals surface area contributed by atoms with E-state index in [2.05, 4.69) is 10.4 Å². The van der Waals surface area contributed by atoms with Crippen LogP contribution in [0.25, 0.3) is 0 Å². The SMILES string of the molecule is O=C(NC1CCOCC1)N1CC(n2cc(N3CCCC3=O)cn2)C1. The largest absolute Gasteiger partial charge is 0.381 e. The van der Waals surface area contributed by atoms with Crippen molar-refractivity contribution in [2.75, 3.05) is 37.7 Å². The molecule has 1 aromatic rings. The normalized spacial score (nSPS) is 22.8. The van der Waals surface area contributed by atoms with Crippen LogP contribution in [0.2, 0.25) is 0 Å². The van der Waals surface area contributed by atoms with Crippen LogP contribution in [0.4, 0.5) is 10.5 Å². The number of carbonyl (C=O) groups excluding carboxylic acids is 2. The second-order valence-corrected chi connectivity index (χ2v) is 6.72. The fraction of sp³-hybridized carbons (Fsp3) is 0.688. The molecule has 3 saturated heterocycles. The highest BCUT2D eigenvalue weighted by molar-refractivity contribution is 5.95. The lowest BCUT2D eigenvalue weighted by molar-refractivity contribution is -0.117. The second kappa shape index (κ2) is 6.43. The summed E-state index contributed by atoms with van der Waals surface area (Å²) in [7, 11) is 0. The van der Waals surface area contributed by atoms with Crippen molar-refractivity contribution < 1.29 is 14.3 Å². The van der Waals surface area contributed by atoms with E-state index in [9.17, 15) is 9.59 Å². The number of hydrogen-bond acceptors (Lipinski definition) is 4. The molecule has 3 fully saturated rings. The zero-order valence-corrected chi connectivity index (χ0v) is 13.7. The Morgan fingerprint density at radius 1 is 1.29 bits per heavy atom. The second-order valence-electron chi connectivity index (χ2n) is 6.72. The summed E-state index contributed by atoms with van der Waals surface area (Å²) in [6, 6.07) is 0.417. The molecule has 4 heterocycles. The smallest absolute Gasteiger partial charge is 0.317 e. The Labute approximate surface area is 140 Å². The molecule has 0 radical (unpaired) electrons. The highest BCUT2D eigenvalue weighted by atomic mass is 16.5. The minimum absolute atomic E-state index is 0.000232. The van der Waals surface area contributed by atoms with Crippen molar-refractivity contribution >= 4 is 17.6 Å². The summed E-state index contributed by atoms with van der Waals surface area (Å²) >= 11 is 0. The number of rotatable bonds is 3. The van der Waals surface area contributed by atoms with E-state index in [0.717, 1.165) is 44.7 Å². The molecule has 3 aliphatic heterocycles. The molecular formula is C16H23N5O3. The molecule has 0 spiro atoms. The molecule has 1 N–H and O–H groups in total. The number of carbonyl (C=O) groups is 2. The van der Waals surface area contributed by atoms with Crippen LogP contribution in [0, 0.1) is 0 Å². The number of aromatic nitrogens is 2. The lowest BCUT2D eigenvalue weighted by Crippen LogP contribution is -2.56. The summed E-state index contributed by atoms with van der Waals surface area (Å²) < 4.78 is 7.18. The lowest BCUT2D eigenvalue weighted by Gasteiger charge is -2.40. The maximum absolute atomic E-state index is 12.2. The van der Waals surface area contributed by atoms with E-state index in [0.29, 0.717) is 19.5 Å². The summed E-state index contributed by atoms with van der Waals surface area (Å²) in [5.41, 5.74) is 0.864. The van der Waals surface area contributed by atoms with Crippen molar-refractivity contribution in [3.63, 3.8) is 0 Å². The van der Waals surface area contributed by atoms with Gasteiger partial charge in [0.05, 0.1) is 17.9 Å². The maximum Gasteiger partial charge on any atom is 0.317 e. The van der Waals surface area contributed by atoms with Crippen LogP contribution < -0.4 is 10.2 Å². The summed E-state index contributed by atoms with van der Waals surface area (Å²) in [4.78, 5) is 27.6.